The first-order chi connectivity index (χ1) is 9.10. The fourth-order valence-corrected chi connectivity index (χ4v) is 1.60. The number of urea groups is 1. The average molecular weight is 265 g/mol. The Kier molecular flexibility index (Phi) is 5.46. The molecule has 7 heteroatoms. The van der Waals surface area contributed by atoms with Crippen molar-refractivity contribution in [3.05, 3.63) is 40.8 Å². The minimum Gasteiger partial charge on any atom is -0.464 e. The zero-order chi connectivity index (χ0) is 14.3. The predicted octanol–water partition coefficient (Wildman–Crippen LogP) is 1.22. The zero-order valence-electron chi connectivity index (χ0n) is 10.5. The maximum Gasteiger partial charge on any atom is 0.338 e. The largest absolute Gasteiger partial charge is 0.464 e. The summed E-state index contributed by atoms with van der Waals surface area (Å²) in [6, 6.07) is 6.64. The van der Waals surface area contributed by atoms with Crippen molar-refractivity contribution in [3.63, 3.8) is 0 Å². The number of rotatable bonds is 6. The summed E-state index contributed by atoms with van der Waals surface area (Å²) >= 11 is 0. The lowest BCUT2D eigenvalue weighted by molar-refractivity contribution is -0.148. The van der Waals surface area contributed by atoms with Crippen LogP contribution >= 0.6 is 0 Å². The number of amides is 2. The van der Waals surface area contributed by atoms with E-state index < -0.39 is 18.0 Å². The highest BCUT2D eigenvalue weighted by molar-refractivity contribution is 5.82. The molecule has 0 heterocycles. The summed E-state index contributed by atoms with van der Waals surface area (Å²) in [6.07, 6.45) is 0.106. The van der Waals surface area contributed by atoms with Crippen molar-refractivity contribution in [1.29, 1.82) is 0 Å². The third-order valence-corrected chi connectivity index (χ3v) is 2.44. The van der Waals surface area contributed by atoms with E-state index in [1.807, 2.05) is 6.07 Å². The quantitative estimate of drug-likeness (QED) is 0.474. The number of hydrogen-bond acceptors (Lipinski definition) is 5. The van der Waals surface area contributed by atoms with Crippen LogP contribution in [0.2, 0.25) is 0 Å². The first-order valence-electron chi connectivity index (χ1n) is 5.72. The number of ether oxygens (including phenoxy) is 1. The number of nitroso groups, excluding NO2 is 1. The molecule has 2 amide bonds. The summed E-state index contributed by atoms with van der Waals surface area (Å²) in [6.45, 7) is 1.76. The van der Waals surface area contributed by atoms with E-state index >= 15 is 0 Å². The van der Waals surface area contributed by atoms with Gasteiger partial charge in [0, 0.05) is 6.42 Å². The summed E-state index contributed by atoms with van der Waals surface area (Å²) in [7, 11) is 0. The van der Waals surface area contributed by atoms with Gasteiger partial charge in [-0.05, 0) is 12.5 Å². The molecule has 7 nitrogen and oxygen atoms in total. The summed E-state index contributed by atoms with van der Waals surface area (Å²) < 4.78 is 4.82. The van der Waals surface area contributed by atoms with Gasteiger partial charge < -0.3 is 10.5 Å². The number of benzene rings is 1. The standard InChI is InChI=1S/C12H15N3O4/c1-2-19-11(16)10(15(14-18)12(13)17)8-9-6-4-3-5-7-9/h3-7,10H,2,8H2,1H3,(H2,13,17). The highest BCUT2D eigenvalue weighted by atomic mass is 16.5. The molecule has 102 valence electrons. The molecule has 0 aromatic heterocycles. The van der Waals surface area contributed by atoms with Gasteiger partial charge in [0.25, 0.3) is 0 Å². The lowest BCUT2D eigenvalue weighted by Gasteiger charge is -2.21. The lowest BCUT2D eigenvalue weighted by atomic mass is 10.1. The Morgan fingerprint density at radius 1 is 1.37 bits per heavy atom. The molecule has 2 N–H and O–H groups in total. The molecule has 1 unspecified atom stereocenters. The van der Waals surface area contributed by atoms with Gasteiger partial charge in [0.2, 0.25) is 0 Å². The van der Waals surface area contributed by atoms with Crippen LogP contribution in [0.25, 0.3) is 0 Å². The molecule has 1 rings (SSSR count). The van der Waals surface area contributed by atoms with Crippen molar-refractivity contribution in [2.45, 2.75) is 19.4 Å². The molecule has 0 aliphatic carbocycles. The van der Waals surface area contributed by atoms with E-state index in [4.69, 9.17) is 10.5 Å². The number of hydrogen-bond donors (Lipinski definition) is 1. The third kappa shape index (κ3) is 4.06. The molecule has 1 aromatic carbocycles. The van der Waals surface area contributed by atoms with Crippen LogP contribution in [-0.4, -0.2) is 29.7 Å². The molecule has 0 aliphatic rings. The van der Waals surface area contributed by atoms with Crippen LogP contribution in [0.3, 0.4) is 0 Å². The van der Waals surface area contributed by atoms with Crippen LogP contribution in [0.15, 0.2) is 35.6 Å². The van der Waals surface area contributed by atoms with Crippen molar-refractivity contribution in [2.24, 2.45) is 11.0 Å². The SMILES string of the molecule is CCOC(=O)C(Cc1ccccc1)N(N=O)C(N)=O. The van der Waals surface area contributed by atoms with Gasteiger partial charge in [-0.2, -0.15) is 5.01 Å². The maximum absolute atomic E-state index is 11.8. The Bertz CT molecular complexity index is 450. The maximum atomic E-state index is 11.8. The molecule has 19 heavy (non-hydrogen) atoms. The number of nitrogens with two attached hydrogens (primary N) is 1. The average Bonchev–Trinajstić information content (AvgIpc) is 2.39. The summed E-state index contributed by atoms with van der Waals surface area (Å²) in [4.78, 5) is 33.6. The Morgan fingerprint density at radius 2 is 2.00 bits per heavy atom. The van der Waals surface area contributed by atoms with Gasteiger partial charge in [0.1, 0.15) is 0 Å². The van der Waals surface area contributed by atoms with Crippen LogP contribution in [0.1, 0.15) is 12.5 Å². The molecule has 0 spiro atoms. The van der Waals surface area contributed by atoms with Gasteiger partial charge in [-0.25, -0.2) is 9.59 Å². The van der Waals surface area contributed by atoms with Crippen LogP contribution in [0.4, 0.5) is 4.79 Å². The van der Waals surface area contributed by atoms with Crippen LogP contribution in [0.5, 0.6) is 0 Å². The topological polar surface area (TPSA) is 102 Å². The zero-order valence-corrected chi connectivity index (χ0v) is 10.5. The van der Waals surface area contributed by atoms with Crippen LogP contribution in [-0.2, 0) is 16.0 Å². The van der Waals surface area contributed by atoms with Gasteiger partial charge in [-0.1, -0.05) is 30.3 Å². The monoisotopic (exact) mass is 265 g/mol. The molecule has 1 atom stereocenters. The van der Waals surface area contributed by atoms with Crippen molar-refractivity contribution in [1.82, 2.24) is 5.01 Å². The Hall–Kier alpha value is -2.44. The number of carbonyl (C=O) groups excluding carboxylic acids is 2. The Balaban J connectivity index is 2.95. The molecule has 0 saturated heterocycles. The molecular weight excluding hydrogens is 250 g/mol. The van der Waals surface area contributed by atoms with Crippen LogP contribution in [0, 0.1) is 4.91 Å². The second kappa shape index (κ2) is 7.10. The highest BCUT2D eigenvalue weighted by Crippen LogP contribution is 2.11. The molecule has 0 bridgehead atoms. The summed E-state index contributed by atoms with van der Waals surface area (Å²) in [5.41, 5.74) is 5.78. The van der Waals surface area contributed by atoms with E-state index in [9.17, 15) is 14.5 Å². The minimum atomic E-state index is -1.16. The number of carbonyl (C=O) groups is 2. The van der Waals surface area contributed by atoms with E-state index in [1.54, 1.807) is 31.2 Å². The molecule has 0 fully saturated rings. The van der Waals surface area contributed by atoms with Crippen molar-refractivity contribution >= 4 is 12.0 Å². The highest BCUT2D eigenvalue weighted by Gasteiger charge is 2.31. The lowest BCUT2D eigenvalue weighted by Crippen LogP contribution is -2.46. The smallest absolute Gasteiger partial charge is 0.338 e. The van der Waals surface area contributed by atoms with E-state index in [0.717, 1.165) is 5.56 Å². The van der Waals surface area contributed by atoms with E-state index in [-0.39, 0.29) is 13.0 Å². The second-order valence-electron chi connectivity index (χ2n) is 3.72. The first kappa shape index (κ1) is 14.6. The fourth-order valence-electron chi connectivity index (χ4n) is 1.60. The van der Waals surface area contributed by atoms with Gasteiger partial charge in [-0.3, -0.25) is 0 Å². The van der Waals surface area contributed by atoms with Crippen molar-refractivity contribution in [3.8, 4) is 0 Å². The molecule has 1 aromatic rings. The molecule has 0 saturated carbocycles. The van der Waals surface area contributed by atoms with E-state index in [1.165, 1.54) is 0 Å². The van der Waals surface area contributed by atoms with Crippen molar-refractivity contribution < 1.29 is 14.3 Å². The Morgan fingerprint density at radius 3 is 2.47 bits per heavy atom. The van der Waals surface area contributed by atoms with E-state index in [0.29, 0.717) is 5.01 Å². The van der Waals surface area contributed by atoms with E-state index in [2.05, 4.69) is 5.29 Å². The predicted molar refractivity (Wildman–Crippen MR) is 67.8 cm³/mol. The van der Waals surface area contributed by atoms with Gasteiger partial charge in [-0.15, -0.1) is 4.91 Å². The summed E-state index contributed by atoms with van der Waals surface area (Å²) in [5, 5.41) is 2.89. The first-order valence-corrected chi connectivity index (χ1v) is 5.72. The molecule has 0 radical (unpaired) electrons. The van der Waals surface area contributed by atoms with Crippen LogP contribution < -0.4 is 5.73 Å². The van der Waals surface area contributed by atoms with Crippen molar-refractivity contribution in [2.75, 3.05) is 6.61 Å². The summed E-state index contributed by atoms with van der Waals surface area (Å²) in [5.74, 6) is -0.718. The van der Waals surface area contributed by atoms with Gasteiger partial charge in [0.05, 0.1) is 11.9 Å². The molecule has 0 aliphatic heterocycles. The molecular formula is C12H15N3O4. The van der Waals surface area contributed by atoms with Gasteiger partial charge >= 0.3 is 12.0 Å². The second-order valence-corrected chi connectivity index (χ2v) is 3.72. The number of primary amides is 1. The Labute approximate surface area is 110 Å². The minimum absolute atomic E-state index is 0.106. The number of nitrogens with zero attached hydrogens (tertiary/aromatic N) is 2. The third-order valence-electron chi connectivity index (χ3n) is 2.44. The van der Waals surface area contributed by atoms with Gasteiger partial charge in [0.15, 0.2) is 6.04 Å². The fraction of sp³-hybridized carbons (Fsp3) is 0.333. The number of esters is 1. The normalized spacial score (nSPS) is 11.4.